The molecule has 106 valence electrons. The molecule has 0 fully saturated rings. The summed E-state index contributed by atoms with van der Waals surface area (Å²) in [5.74, 6) is -0.955. The summed E-state index contributed by atoms with van der Waals surface area (Å²) in [6, 6.07) is 11.5. The Hall–Kier alpha value is -1.38. The van der Waals surface area contributed by atoms with Gasteiger partial charge in [0.25, 0.3) is 0 Å². The van der Waals surface area contributed by atoms with Gasteiger partial charge in [0.15, 0.2) is 0 Å². The van der Waals surface area contributed by atoms with Crippen LogP contribution in [-0.2, 0) is 4.79 Å². The Morgan fingerprint density at radius 2 is 1.90 bits per heavy atom. The van der Waals surface area contributed by atoms with E-state index in [0.29, 0.717) is 4.20 Å². The maximum absolute atomic E-state index is 11.6. The molecular formula is C15H17NO2S2. The van der Waals surface area contributed by atoms with Crippen LogP contribution < -0.4 is 0 Å². The molecule has 0 aromatic heterocycles. The first kappa shape index (κ1) is 16.7. The third-order valence-corrected chi connectivity index (χ3v) is 4.54. The Balaban J connectivity index is 2.96. The van der Waals surface area contributed by atoms with Crippen molar-refractivity contribution in [2.45, 2.75) is 31.9 Å². The molecule has 0 aliphatic heterocycles. The highest BCUT2D eigenvalue weighted by Gasteiger charge is 2.41. The van der Waals surface area contributed by atoms with E-state index in [0.717, 1.165) is 17.3 Å². The van der Waals surface area contributed by atoms with Crippen LogP contribution >= 0.6 is 24.0 Å². The topological polar surface area (TPSA) is 61.1 Å². The fourth-order valence-corrected chi connectivity index (χ4v) is 3.75. The summed E-state index contributed by atoms with van der Waals surface area (Å²) >= 11 is 6.46. The van der Waals surface area contributed by atoms with Crippen molar-refractivity contribution >= 4 is 34.1 Å². The van der Waals surface area contributed by atoms with Crippen LogP contribution in [0.5, 0.6) is 0 Å². The summed E-state index contributed by atoms with van der Waals surface area (Å²) < 4.78 is -0.587. The quantitative estimate of drug-likeness (QED) is 0.836. The minimum Gasteiger partial charge on any atom is -0.480 e. The van der Waals surface area contributed by atoms with Gasteiger partial charge in [-0.15, -0.1) is 0 Å². The molecule has 1 N–H and O–H groups in total. The number of hydrogen-bond donors (Lipinski definition) is 1. The molecular weight excluding hydrogens is 290 g/mol. The second kappa shape index (κ2) is 6.38. The summed E-state index contributed by atoms with van der Waals surface area (Å²) in [5, 5.41) is 18.6. The second-order valence-electron chi connectivity index (χ2n) is 5.46. The maximum atomic E-state index is 11.6. The molecule has 1 rings (SSSR count). The van der Waals surface area contributed by atoms with Crippen molar-refractivity contribution in [2.24, 2.45) is 5.41 Å². The van der Waals surface area contributed by atoms with Crippen LogP contribution in [0.3, 0.4) is 0 Å². The minimum atomic E-state index is -1.12. The van der Waals surface area contributed by atoms with Crippen LogP contribution in [0.4, 0.5) is 0 Å². The van der Waals surface area contributed by atoms with Crippen LogP contribution in [0.15, 0.2) is 30.3 Å². The normalized spacial score (nSPS) is 14.1. The molecule has 0 radical (unpaired) electrons. The summed E-state index contributed by atoms with van der Waals surface area (Å²) in [6.07, 6.45) is 0.226. The first-order valence-electron chi connectivity index (χ1n) is 6.13. The summed E-state index contributed by atoms with van der Waals surface area (Å²) in [4.78, 5) is 11.6. The van der Waals surface area contributed by atoms with Crippen molar-refractivity contribution in [3.63, 3.8) is 0 Å². The molecule has 3 nitrogen and oxygen atoms in total. The van der Waals surface area contributed by atoms with Crippen LogP contribution in [0.2, 0.25) is 0 Å². The fraction of sp³-hybridized carbons (Fsp3) is 0.400. The maximum Gasteiger partial charge on any atom is 0.319 e. The van der Waals surface area contributed by atoms with Gasteiger partial charge in [0.05, 0.1) is 15.7 Å². The van der Waals surface area contributed by atoms with Gasteiger partial charge in [0.2, 0.25) is 0 Å². The van der Waals surface area contributed by atoms with Gasteiger partial charge in [-0.1, -0.05) is 54.3 Å². The van der Waals surface area contributed by atoms with Crippen molar-refractivity contribution in [3.05, 3.63) is 35.9 Å². The Kier molecular flexibility index (Phi) is 5.32. The van der Waals surface area contributed by atoms with E-state index in [1.165, 1.54) is 0 Å². The molecule has 0 bridgehead atoms. The molecule has 1 unspecified atom stereocenters. The van der Waals surface area contributed by atoms with Crippen molar-refractivity contribution in [3.8, 4) is 6.07 Å². The number of carbonyl (C=O) groups is 1. The van der Waals surface area contributed by atoms with E-state index in [1.54, 1.807) is 20.8 Å². The predicted molar refractivity (Wildman–Crippen MR) is 85.8 cm³/mol. The zero-order chi connectivity index (χ0) is 15.4. The number of thioether (sulfide) groups is 1. The number of hydrogen-bond acceptors (Lipinski definition) is 4. The molecule has 1 atom stereocenters. The molecule has 0 heterocycles. The number of carboxylic acid groups (broad SMARTS) is 1. The average molecular weight is 307 g/mol. The van der Waals surface area contributed by atoms with E-state index in [9.17, 15) is 9.90 Å². The van der Waals surface area contributed by atoms with Crippen molar-refractivity contribution in [2.75, 3.05) is 0 Å². The molecule has 1 aromatic rings. The standard InChI is InChI=1S/C15H17NO2S2/c1-14(2,10-16)9-15(3,13(17)18)20-12(19)11-7-5-4-6-8-11/h4-8H,9H2,1-3H3,(H,17,18). The predicted octanol–water partition coefficient (Wildman–Crippen LogP) is 3.88. The van der Waals surface area contributed by atoms with Crippen molar-refractivity contribution in [1.29, 1.82) is 5.26 Å². The highest BCUT2D eigenvalue weighted by molar-refractivity contribution is 8.25. The molecule has 0 saturated heterocycles. The monoisotopic (exact) mass is 307 g/mol. The molecule has 0 amide bonds. The zero-order valence-electron chi connectivity index (χ0n) is 11.7. The molecule has 0 aliphatic carbocycles. The lowest BCUT2D eigenvalue weighted by molar-refractivity contribution is -0.140. The number of carboxylic acids is 1. The fourth-order valence-electron chi connectivity index (χ4n) is 1.88. The number of benzene rings is 1. The largest absolute Gasteiger partial charge is 0.480 e. The van der Waals surface area contributed by atoms with E-state index in [2.05, 4.69) is 6.07 Å². The number of nitriles is 1. The van der Waals surface area contributed by atoms with E-state index in [4.69, 9.17) is 17.5 Å². The van der Waals surface area contributed by atoms with Crippen LogP contribution in [0.1, 0.15) is 32.8 Å². The van der Waals surface area contributed by atoms with Crippen molar-refractivity contribution < 1.29 is 9.90 Å². The zero-order valence-corrected chi connectivity index (χ0v) is 13.3. The Labute approximate surface area is 129 Å². The highest BCUT2D eigenvalue weighted by atomic mass is 32.2. The molecule has 1 aromatic carbocycles. The Morgan fingerprint density at radius 3 is 2.35 bits per heavy atom. The van der Waals surface area contributed by atoms with Gasteiger partial charge in [-0.3, -0.25) is 4.79 Å². The molecule has 5 heteroatoms. The van der Waals surface area contributed by atoms with E-state index < -0.39 is 16.1 Å². The van der Waals surface area contributed by atoms with Gasteiger partial charge in [-0.05, 0) is 32.8 Å². The van der Waals surface area contributed by atoms with E-state index in [1.807, 2.05) is 30.3 Å². The van der Waals surface area contributed by atoms with Gasteiger partial charge in [0.1, 0.15) is 4.75 Å². The molecule has 0 spiro atoms. The lowest BCUT2D eigenvalue weighted by atomic mass is 9.84. The third-order valence-electron chi connectivity index (χ3n) is 2.86. The number of thiocarbonyl (C=S) groups is 1. The Morgan fingerprint density at radius 1 is 1.35 bits per heavy atom. The molecule has 20 heavy (non-hydrogen) atoms. The van der Waals surface area contributed by atoms with Gasteiger partial charge < -0.3 is 5.11 Å². The summed E-state index contributed by atoms with van der Waals surface area (Å²) in [6.45, 7) is 5.09. The number of rotatable bonds is 5. The summed E-state index contributed by atoms with van der Waals surface area (Å²) in [5.41, 5.74) is 0.113. The highest BCUT2D eigenvalue weighted by Crippen LogP contribution is 2.39. The Bertz CT molecular complexity index is 549. The molecule has 0 saturated carbocycles. The van der Waals surface area contributed by atoms with Gasteiger partial charge in [-0.25, -0.2) is 0 Å². The van der Waals surface area contributed by atoms with Crippen molar-refractivity contribution in [1.82, 2.24) is 0 Å². The third kappa shape index (κ3) is 4.32. The smallest absolute Gasteiger partial charge is 0.319 e. The number of nitrogens with zero attached hydrogens (tertiary/aromatic N) is 1. The first-order chi connectivity index (χ1) is 9.20. The van der Waals surface area contributed by atoms with Crippen LogP contribution in [0, 0.1) is 16.7 Å². The average Bonchev–Trinajstić information content (AvgIpc) is 2.39. The minimum absolute atomic E-state index is 0.226. The SMILES string of the molecule is CC(C)(C#N)CC(C)(SC(=S)c1ccccc1)C(=O)O. The number of aliphatic carboxylic acids is 1. The van der Waals surface area contributed by atoms with Crippen LogP contribution in [-0.4, -0.2) is 20.0 Å². The van der Waals surface area contributed by atoms with Gasteiger partial charge >= 0.3 is 5.97 Å². The van der Waals surface area contributed by atoms with E-state index >= 15 is 0 Å². The van der Waals surface area contributed by atoms with Crippen LogP contribution in [0.25, 0.3) is 0 Å². The van der Waals surface area contributed by atoms with E-state index in [-0.39, 0.29) is 6.42 Å². The lowest BCUT2D eigenvalue weighted by Crippen LogP contribution is -2.37. The van der Waals surface area contributed by atoms with Gasteiger partial charge in [-0.2, -0.15) is 5.26 Å². The lowest BCUT2D eigenvalue weighted by Gasteiger charge is -2.29. The first-order valence-corrected chi connectivity index (χ1v) is 7.36. The molecule has 0 aliphatic rings. The second-order valence-corrected chi connectivity index (χ2v) is 7.64. The van der Waals surface area contributed by atoms with Gasteiger partial charge in [0, 0.05) is 0 Å². The summed E-state index contributed by atoms with van der Waals surface area (Å²) in [7, 11) is 0.